The summed E-state index contributed by atoms with van der Waals surface area (Å²) in [6.45, 7) is 36.6. The number of phosphoric acid groups is 1. The third-order valence-corrected chi connectivity index (χ3v) is 13.8. The Morgan fingerprint density at radius 1 is 0.683 bits per heavy atom. The number of hydrogen-bond donors (Lipinski definition) is 0. The molecule has 13 nitrogen and oxygen atoms in total. The van der Waals surface area contributed by atoms with E-state index in [1.54, 1.807) is 27.7 Å². The van der Waals surface area contributed by atoms with E-state index < -0.39 is 31.0 Å². The summed E-state index contributed by atoms with van der Waals surface area (Å²) in [5.41, 5.74) is 0.608. The summed E-state index contributed by atoms with van der Waals surface area (Å²) in [7, 11) is -1.92. The minimum Gasteiger partial charge on any atom is -0.550 e. The molecule has 0 bridgehead atoms. The number of hydrogen-bond acceptors (Lipinski definition) is 15. The Morgan fingerprint density at radius 2 is 1.08 bits per heavy atom. The van der Waals surface area contributed by atoms with Gasteiger partial charge in [-0.2, -0.15) is 0 Å². The number of carboxylic acid groups (broad SMARTS) is 1. The van der Waals surface area contributed by atoms with Gasteiger partial charge in [0.1, 0.15) is 37.2 Å². The fourth-order valence-electron chi connectivity index (χ4n) is 4.16. The van der Waals surface area contributed by atoms with Crippen molar-refractivity contribution >= 4 is 79.1 Å². The topological polar surface area (TPSA) is 183 Å². The van der Waals surface area contributed by atoms with E-state index in [1.807, 2.05) is 41.5 Å². The summed E-state index contributed by atoms with van der Waals surface area (Å²) >= 11 is 4.72. The van der Waals surface area contributed by atoms with Crippen LogP contribution in [0.4, 0.5) is 0 Å². The summed E-state index contributed by atoms with van der Waals surface area (Å²) in [5, 5.41) is 9.86. The molecular weight excluding hydrogens is 868 g/mol. The van der Waals surface area contributed by atoms with Crippen molar-refractivity contribution in [2.24, 2.45) is 17.8 Å². The van der Waals surface area contributed by atoms with Gasteiger partial charge in [0.05, 0.1) is 19.3 Å². The first-order chi connectivity index (χ1) is 27.5. The molecule has 358 valence electrons. The fraction of sp³-hybridized carbons (Fsp3) is 0.857. The van der Waals surface area contributed by atoms with Crippen molar-refractivity contribution in [3.05, 3.63) is 0 Å². The number of carboxylic acids is 1. The molecule has 0 heterocycles. The van der Waals surface area contributed by atoms with Crippen molar-refractivity contribution in [3.63, 3.8) is 0 Å². The van der Waals surface area contributed by atoms with Gasteiger partial charge < -0.3 is 23.2 Å². The van der Waals surface area contributed by atoms with Crippen LogP contribution in [0.2, 0.25) is 0 Å². The Balaban J connectivity index is -0.000000212. The van der Waals surface area contributed by atoms with Gasteiger partial charge in [0.25, 0.3) is 0 Å². The molecule has 18 heteroatoms. The number of aliphatic carboxylic acids is 1. The molecule has 0 aliphatic heterocycles. The molecule has 2 unspecified atom stereocenters. The first-order valence-electron chi connectivity index (χ1n) is 21.2. The van der Waals surface area contributed by atoms with Crippen LogP contribution in [0.1, 0.15) is 182 Å². The highest BCUT2D eigenvalue weighted by Gasteiger charge is 2.27. The number of carbonyl (C=O) groups is 6. The Labute approximate surface area is 375 Å². The summed E-state index contributed by atoms with van der Waals surface area (Å²) in [4.78, 5) is 63.7. The molecule has 0 aromatic rings. The summed E-state index contributed by atoms with van der Waals surface area (Å²) < 4.78 is 35.4. The molecule has 0 aliphatic rings. The van der Waals surface area contributed by atoms with Crippen molar-refractivity contribution in [3.8, 4) is 0 Å². The second kappa shape index (κ2) is 40.9. The van der Waals surface area contributed by atoms with Crippen LogP contribution in [0.3, 0.4) is 0 Å². The highest BCUT2D eigenvalue weighted by molar-refractivity contribution is 8.37. The minimum absolute atomic E-state index is 0.0239. The van der Waals surface area contributed by atoms with Crippen LogP contribution >= 0.6 is 24.1 Å². The lowest BCUT2D eigenvalue weighted by atomic mass is 10.0. The van der Waals surface area contributed by atoms with Gasteiger partial charge in [-0.1, -0.05) is 76.2 Å². The van der Waals surface area contributed by atoms with Crippen LogP contribution in [-0.4, -0.2) is 76.6 Å². The lowest BCUT2D eigenvalue weighted by molar-refractivity contribution is -0.305. The zero-order valence-electron chi connectivity index (χ0n) is 40.4. The zero-order valence-corrected chi connectivity index (χ0v) is 44.8. The lowest BCUT2D eigenvalue weighted by Gasteiger charge is -2.39. The monoisotopic (exact) mass is 951 g/mol. The van der Waals surface area contributed by atoms with Gasteiger partial charge in [-0.25, -0.2) is 23.8 Å². The van der Waals surface area contributed by atoms with Gasteiger partial charge in [-0.05, 0) is 67.7 Å². The van der Waals surface area contributed by atoms with E-state index in [2.05, 4.69) is 61.2 Å². The maximum atomic E-state index is 11.8. The number of phosphoric ester groups is 1. The Bertz CT molecular complexity index is 1270. The Kier molecular flexibility index (Phi) is 46.5. The Morgan fingerprint density at radius 3 is 1.37 bits per heavy atom. The molecule has 0 saturated heterocycles. The predicted molar refractivity (Wildman–Crippen MR) is 253 cm³/mol. The second-order valence-corrected chi connectivity index (χ2v) is 23.6. The normalized spacial score (nSPS) is 12.6. The van der Waals surface area contributed by atoms with Gasteiger partial charge in [-0.15, -0.1) is 0 Å². The van der Waals surface area contributed by atoms with Crippen molar-refractivity contribution in [2.45, 2.75) is 206 Å². The fourth-order valence-corrected chi connectivity index (χ4v) is 9.86. The largest absolute Gasteiger partial charge is 0.550 e. The molecule has 0 fully saturated rings. The van der Waals surface area contributed by atoms with Crippen molar-refractivity contribution < 1.29 is 56.0 Å². The van der Waals surface area contributed by atoms with Gasteiger partial charge in [-0.3, -0.25) is 41.8 Å². The number of rotatable bonds is 27. The maximum Gasteiger partial charge on any atom is 0.456 e. The number of nitrogens with zero attached hydrogens (tertiary/aromatic N) is 1. The average molecular weight is 952 g/mol. The van der Waals surface area contributed by atoms with Crippen molar-refractivity contribution in [1.29, 1.82) is 0 Å². The molecule has 0 N–H and O–H groups in total. The molecule has 0 amide bonds. The predicted octanol–water partition coefficient (Wildman–Crippen LogP) is 10.6. The number of carbonyl (C=O) groups excluding carboxylic acids is 6. The van der Waals surface area contributed by atoms with E-state index in [9.17, 15) is 38.4 Å². The summed E-state index contributed by atoms with van der Waals surface area (Å²) in [5.74, 6) is -0.480. The molecule has 0 aliphatic carbocycles. The molecule has 0 aromatic heterocycles. The third kappa shape index (κ3) is 45.2. The second-order valence-electron chi connectivity index (χ2n) is 15.9. The molecule has 0 rings (SSSR count). The first kappa shape index (κ1) is 68.2. The average Bonchev–Trinajstić information content (AvgIpc) is 3.12. The highest BCUT2D eigenvalue weighted by atomic mass is 32.9. The van der Waals surface area contributed by atoms with Crippen LogP contribution < -0.4 is 5.11 Å². The lowest BCUT2D eigenvalue weighted by Crippen LogP contribution is -2.35. The SMILES string of the molecule is CC(=O)CCC(=O)C(C)C.CC(C)C(=O)CCC(=O)[O-].CCC(=O)CCC(=O)C(C)C.CCCOP(=O)(OC(C)C)O[S-](=P)=S.CCCOP(C(C)C)N(C(C)C)C(C)C. The zero-order chi connectivity index (χ0) is 48.3. The van der Waals surface area contributed by atoms with Crippen molar-refractivity contribution in [2.75, 3.05) is 13.2 Å². The van der Waals surface area contributed by atoms with Crippen LogP contribution in [-0.2, 0) is 71.0 Å². The molecule has 0 aromatic carbocycles. The van der Waals surface area contributed by atoms with E-state index >= 15 is 0 Å². The van der Waals surface area contributed by atoms with E-state index in [1.165, 1.54) is 6.92 Å². The summed E-state index contributed by atoms with van der Waals surface area (Å²) in [6, 6.07) is 1.13. The molecule has 0 saturated carbocycles. The van der Waals surface area contributed by atoms with Crippen LogP contribution in [0.15, 0.2) is 0 Å². The number of Topliss-reactive ketones (excluding diaryl/α,β-unsaturated/α-hetero) is 5. The molecule has 0 radical (unpaired) electrons. The van der Waals surface area contributed by atoms with E-state index in [4.69, 9.17) is 28.7 Å². The number of ketones is 5. The van der Waals surface area contributed by atoms with Gasteiger partial charge in [0, 0.05) is 80.0 Å². The van der Waals surface area contributed by atoms with Crippen molar-refractivity contribution in [1.82, 2.24) is 4.67 Å². The first-order valence-corrected chi connectivity index (χ1v) is 27.3. The minimum atomic E-state index is -3.49. The van der Waals surface area contributed by atoms with Gasteiger partial charge in [0.2, 0.25) is 0 Å². The Hall–Kier alpha value is -0.850. The van der Waals surface area contributed by atoms with Crippen LogP contribution in [0.5, 0.6) is 0 Å². The quantitative estimate of drug-likeness (QED) is 0.0560. The molecular formula is C42H84NO12P3S2-2. The highest BCUT2D eigenvalue weighted by Crippen LogP contribution is 2.51. The summed E-state index contributed by atoms with van der Waals surface area (Å²) in [6.07, 6.45) is 3.75. The molecule has 60 heavy (non-hydrogen) atoms. The molecule has 0 spiro atoms. The maximum absolute atomic E-state index is 11.8. The smallest absolute Gasteiger partial charge is 0.456 e. The van der Waals surface area contributed by atoms with E-state index in [0.717, 1.165) is 19.4 Å². The van der Waals surface area contributed by atoms with Gasteiger partial charge in [0.15, 0.2) is 0 Å². The van der Waals surface area contributed by atoms with Gasteiger partial charge >= 0.3 is 7.82 Å². The van der Waals surface area contributed by atoms with E-state index in [0.29, 0.717) is 56.5 Å². The standard InChI is InChI=1S/C12H28NOP.C9H16O2.C8H14O2.C7H12O3.C6H15O4P2S2/c1-8-9-14-15(12(6)7)13(10(2)3)11(4)5;1-4-8(10)5-6-9(11)7(2)3;1-6(2)8(10)5-4-7(3)9;1-5(2)6(8)3-4-7(9)10;1-4-5-8-12(7,9-6(2)3)10-14(11)13/h10-12H,8-9H2,1-7H3;7H,4-6H2,1-3H3;6H,4-5H2,1-3H3;5H,3-4H2,1-2H3,(H,9,10);6,11H,4-5H2,1-3H3/q;;;;-1/p-1. The van der Waals surface area contributed by atoms with Crippen LogP contribution in [0, 0.1) is 17.8 Å². The van der Waals surface area contributed by atoms with Crippen LogP contribution in [0.25, 0.3) is 0 Å². The third-order valence-electron chi connectivity index (χ3n) is 7.38. The molecule has 2 atom stereocenters. The van der Waals surface area contributed by atoms with E-state index in [-0.39, 0.29) is 65.6 Å².